The van der Waals surface area contributed by atoms with Crippen LogP contribution in [0.15, 0.2) is 12.4 Å². The van der Waals surface area contributed by atoms with Gasteiger partial charge in [-0.2, -0.15) is 5.10 Å². The van der Waals surface area contributed by atoms with Gasteiger partial charge in [0.15, 0.2) is 0 Å². The van der Waals surface area contributed by atoms with Gasteiger partial charge in [-0.05, 0) is 30.9 Å². The summed E-state index contributed by atoms with van der Waals surface area (Å²) < 4.78 is 2.00. The maximum Gasteiger partial charge on any atom is 0.0522 e. The van der Waals surface area contributed by atoms with Gasteiger partial charge in [0.25, 0.3) is 0 Å². The predicted molar refractivity (Wildman–Crippen MR) is 54.4 cm³/mol. The molecule has 0 bridgehead atoms. The Morgan fingerprint density at radius 3 is 2.92 bits per heavy atom. The van der Waals surface area contributed by atoms with Crippen molar-refractivity contribution in [3.63, 3.8) is 0 Å². The fourth-order valence-electron chi connectivity index (χ4n) is 1.21. The zero-order valence-corrected chi connectivity index (χ0v) is 8.53. The summed E-state index contributed by atoms with van der Waals surface area (Å²) in [6.07, 6.45) is 6.12. The molecule has 0 saturated carbocycles. The van der Waals surface area contributed by atoms with Crippen LogP contribution in [-0.4, -0.2) is 16.3 Å². The summed E-state index contributed by atoms with van der Waals surface area (Å²) in [5.74, 6) is 0.738. The van der Waals surface area contributed by atoms with Crippen LogP contribution in [0.3, 0.4) is 0 Å². The van der Waals surface area contributed by atoms with Crippen molar-refractivity contribution in [2.75, 3.05) is 6.54 Å². The first-order valence-electron chi connectivity index (χ1n) is 4.93. The van der Waals surface area contributed by atoms with E-state index in [1.807, 2.05) is 10.9 Å². The predicted octanol–water partition coefficient (Wildman–Crippen LogP) is 1.43. The molecule has 0 fully saturated rings. The minimum absolute atomic E-state index is 0.704. The Bertz CT molecular complexity index is 240. The number of rotatable bonds is 5. The van der Waals surface area contributed by atoms with E-state index in [1.165, 1.54) is 12.0 Å². The molecule has 0 radical (unpaired) electrons. The third-order valence-electron chi connectivity index (χ3n) is 2.06. The molecule has 0 atom stereocenters. The first-order chi connectivity index (χ1) is 6.22. The van der Waals surface area contributed by atoms with Crippen LogP contribution in [0.25, 0.3) is 0 Å². The molecule has 0 aliphatic rings. The third kappa shape index (κ3) is 3.59. The average molecular weight is 181 g/mol. The second kappa shape index (κ2) is 5.02. The molecule has 2 N–H and O–H groups in total. The van der Waals surface area contributed by atoms with Gasteiger partial charge in [-0.25, -0.2) is 0 Å². The van der Waals surface area contributed by atoms with E-state index in [4.69, 9.17) is 5.73 Å². The fourth-order valence-corrected chi connectivity index (χ4v) is 1.21. The van der Waals surface area contributed by atoms with Gasteiger partial charge in [-0.15, -0.1) is 0 Å². The van der Waals surface area contributed by atoms with Crippen LogP contribution in [0.4, 0.5) is 0 Å². The second-order valence-corrected chi connectivity index (χ2v) is 3.83. The van der Waals surface area contributed by atoms with Crippen molar-refractivity contribution in [3.8, 4) is 0 Å². The minimum Gasteiger partial charge on any atom is -0.330 e. The second-order valence-electron chi connectivity index (χ2n) is 3.83. The van der Waals surface area contributed by atoms with Gasteiger partial charge in [0.1, 0.15) is 0 Å². The Balaban J connectivity index is 2.39. The van der Waals surface area contributed by atoms with Gasteiger partial charge in [-0.3, -0.25) is 4.68 Å². The van der Waals surface area contributed by atoms with Gasteiger partial charge >= 0.3 is 0 Å². The molecule has 0 saturated heterocycles. The monoisotopic (exact) mass is 181 g/mol. The van der Waals surface area contributed by atoms with Crippen LogP contribution in [0, 0.1) is 5.92 Å². The Kier molecular flexibility index (Phi) is 3.96. The summed E-state index contributed by atoms with van der Waals surface area (Å²) in [7, 11) is 0. The maximum atomic E-state index is 5.45. The van der Waals surface area contributed by atoms with Crippen molar-refractivity contribution in [2.45, 2.75) is 33.2 Å². The van der Waals surface area contributed by atoms with Gasteiger partial charge in [0.2, 0.25) is 0 Å². The maximum absolute atomic E-state index is 5.45. The summed E-state index contributed by atoms with van der Waals surface area (Å²) >= 11 is 0. The van der Waals surface area contributed by atoms with E-state index in [-0.39, 0.29) is 0 Å². The quantitative estimate of drug-likeness (QED) is 0.746. The molecule has 3 nitrogen and oxygen atoms in total. The number of nitrogens with two attached hydrogens (primary N) is 1. The van der Waals surface area contributed by atoms with E-state index < -0.39 is 0 Å². The van der Waals surface area contributed by atoms with Crippen molar-refractivity contribution in [1.29, 1.82) is 0 Å². The summed E-state index contributed by atoms with van der Waals surface area (Å²) in [6, 6.07) is 0. The van der Waals surface area contributed by atoms with Crippen LogP contribution in [-0.2, 0) is 13.0 Å². The van der Waals surface area contributed by atoms with Crippen LogP contribution in [0.5, 0.6) is 0 Å². The van der Waals surface area contributed by atoms with Crippen molar-refractivity contribution in [1.82, 2.24) is 9.78 Å². The highest BCUT2D eigenvalue weighted by atomic mass is 15.3. The minimum atomic E-state index is 0.704. The molecule has 0 aliphatic carbocycles. The van der Waals surface area contributed by atoms with Gasteiger partial charge < -0.3 is 5.73 Å². The lowest BCUT2D eigenvalue weighted by molar-refractivity contribution is 0.487. The van der Waals surface area contributed by atoms with E-state index in [0.29, 0.717) is 6.54 Å². The van der Waals surface area contributed by atoms with E-state index in [1.54, 1.807) is 0 Å². The lowest BCUT2D eigenvalue weighted by Crippen LogP contribution is -2.03. The average Bonchev–Trinajstić information content (AvgIpc) is 2.50. The molecular weight excluding hydrogens is 162 g/mol. The highest BCUT2D eigenvalue weighted by Crippen LogP contribution is 2.03. The Morgan fingerprint density at radius 2 is 2.31 bits per heavy atom. The molecule has 1 aromatic rings. The lowest BCUT2D eigenvalue weighted by Gasteiger charge is -2.03. The smallest absolute Gasteiger partial charge is 0.0522 e. The Morgan fingerprint density at radius 1 is 1.54 bits per heavy atom. The number of nitrogens with zero attached hydrogens (tertiary/aromatic N) is 2. The molecule has 13 heavy (non-hydrogen) atoms. The van der Waals surface area contributed by atoms with Gasteiger partial charge in [0, 0.05) is 12.7 Å². The summed E-state index contributed by atoms with van der Waals surface area (Å²) in [5.41, 5.74) is 6.70. The largest absolute Gasteiger partial charge is 0.330 e. The van der Waals surface area contributed by atoms with Crippen LogP contribution in [0.1, 0.15) is 25.8 Å². The molecular formula is C10H19N3. The third-order valence-corrected chi connectivity index (χ3v) is 2.06. The SMILES string of the molecule is CC(C)CCn1cc(CCN)cn1. The molecule has 0 spiro atoms. The molecule has 0 aliphatic heterocycles. The standard InChI is InChI=1S/C10H19N3/c1-9(2)4-6-13-8-10(3-5-11)7-12-13/h7-9H,3-6,11H2,1-2H3. The first-order valence-corrected chi connectivity index (χ1v) is 4.93. The number of hydrogen-bond acceptors (Lipinski definition) is 2. The molecule has 74 valence electrons. The van der Waals surface area contributed by atoms with Crippen molar-refractivity contribution >= 4 is 0 Å². The zero-order valence-electron chi connectivity index (χ0n) is 8.53. The highest BCUT2D eigenvalue weighted by molar-refractivity contribution is 5.03. The van der Waals surface area contributed by atoms with Crippen LogP contribution < -0.4 is 5.73 Å². The van der Waals surface area contributed by atoms with Crippen LogP contribution in [0.2, 0.25) is 0 Å². The molecule has 1 aromatic heterocycles. The van der Waals surface area contributed by atoms with E-state index in [9.17, 15) is 0 Å². The molecule has 1 rings (SSSR count). The molecule has 3 heteroatoms. The molecule has 0 unspecified atom stereocenters. The normalized spacial score (nSPS) is 11.1. The van der Waals surface area contributed by atoms with E-state index in [2.05, 4.69) is 25.1 Å². The van der Waals surface area contributed by atoms with Crippen LogP contribution >= 0.6 is 0 Å². The topological polar surface area (TPSA) is 43.8 Å². The van der Waals surface area contributed by atoms with Gasteiger partial charge in [0.05, 0.1) is 6.20 Å². The van der Waals surface area contributed by atoms with E-state index >= 15 is 0 Å². The summed E-state index contributed by atoms with van der Waals surface area (Å²) in [5, 5.41) is 4.27. The molecule has 0 aromatic carbocycles. The van der Waals surface area contributed by atoms with Crippen molar-refractivity contribution < 1.29 is 0 Å². The molecule has 0 amide bonds. The van der Waals surface area contributed by atoms with Crippen molar-refractivity contribution in [2.24, 2.45) is 11.7 Å². The number of aryl methyl sites for hydroxylation is 1. The van der Waals surface area contributed by atoms with E-state index in [0.717, 1.165) is 18.9 Å². The summed E-state index contributed by atoms with van der Waals surface area (Å²) in [4.78, 5) is 0. The van der Waals surface area contributed by atoms with Gasteiger partial charge in [-0.1, -0.05) is 13.8 Å². The lowest BCUT2D eigenvalue weighted by atomic mass is 10.1. The highest BCUT2D eigenvalue weighted by Gasteiger charge is 1.98. The summed E-state index contributed by atoms with van der Waals surface area (Å²) in [6.45, 7) is 6.17. The number of aromatic nitrogens is 2. The Hall–Kier alpha value is -0.830. The zero-order chi connectivity index (χ0) is 9.68. The molecule has 1 heterocycles. The van der Waals surface area contributed by atoms with Crippen molar-refractivity contribution in [3.05, 3.63) is 18.0 Å². The number of hydrogen-bond donors (Lipinski definition) is 1. The Labute approximate surface area is 79.9 Å². The fraction of sp³-hybridized carbons (Fsp3) is 0.700. The first kappa shape index (κ1) is 10.3.